The van der Waals surface area contributed by atoms with Gasteiger partial charge in [-0.05, 0) is 12.1 Å². The van der Waals surface area contributed by atoms with E-state index in [1.54, 1.807) is 13.0 Å². The summed E-state index contributed by atoms with van der Waals surface area (Å²) in [6.45, 7) is 1.89. The molecule has 0 saturated heterocycles. The van der Waals surface area contributed by atoms with E-state index in [2.05, 4.69) is 9.44 Å². The Bertz CT molecular complexity index is 406. The van der Waals surface area contributed by atoms with Crippen molar-refractivity contribution in [1.82, 2.24) is 4.72 Å². The Balaban J connectivity index is 2.84. The first-order valence-electron chi connectivity index (χ1n) is 4.07. The molecule has 1 rings (SSSR count). The van der Waals surface area contributed by atoms with Crippen LogP contribution in [0.1, 0.15) is 6.92 Å². The highest BCUT2D eigenvalue weighted by Gasteiger charge is 2.09. The Hall–Kier alpha value is -1.14. The largest absolute Gasteiger partial charge is 0.299 e. The van der Waals surface area contributed by atoms with Crippen molar-refractivity contribution in [1.29, 1.82) is 0 Å². The predicted molar refractivity (Wildman–Crippen MR) is 52.6 cm³/mol. The van der Waals surface area contributed by atoms with Crippen molar-refractivity contribution in [2.45, 2.75) is 6.92 Å². The van der Waals surface area contributed by atoms with Crippen molar-refractivity contribution in [3.05, 3.63) is 30.1 Å². The van der Waals surface area contributed by atoms with Gasteiger partial charge in [0.2, 0.25) is 0 Å². The molecule has 0 amide bonds. The highest BCUT2D eigenvalue weighted by Crippen LogP contribution is 2.13. The van der Waals surface area contributed by atoms with Gasteiger partial charge in [0, 0.05) is 6.54 Å². The molecular weight excluding hydrogens is 207 g/mol. The van der Waals surface area contributed by atoms with E-state index in [9.17, 15) is 12.8 Å². The van der Waals surface area contributed by atoms with Gasteiger partial charge in [-0.3, -0.25) is 4.72 Å². The maximum Gasteiger partial charge on any atom is 0.299 e. The Labute approximate surface area is 82.3 Å². The number of halogens is 1. The van der Waals surface area contributed by atoms with Crippen LogP contribution in [0.3, 0.4) is 0 Å². The molecule has 0 bridgehead atoms. The molecule has 2 N–H and O–H groups in total. The second-order valence-corrected chi connectivity index (χ2v) is 4.08. The Morgan fingerprint density at radius 3 is 2.57 bits per heavy atom. The lowest BCUT2D eigenvalue weighted by Crippen LogP contribution is -2.30. The average Bonchev–Trinajstić information content (AvgIpc) is 2.08. The third-order valence-electron chi connectivity index (χ3n) is 1.45. The van der Waals surface area contributed by atoms with Crippen molar-refractivity contribution in [3.63, 3.8) is 0 Å². The van der Waals surface area contributed by atoms with E-state index in [0.717, 1.165) is 0 Å². The molecule has 0 fully saturated rings. The van der Waals surface area contributed by atoms with E-state index < -0.39 is 16.0 Å². The van der Waals surface area contributed by atoms with E-state index in [4.69, 9.17) is 0 Å². The van der Waals surface area contributed by atoms with Gasteiger partial charge in [-0.25, -0.2) is 4.39 Å². The van der Waals surface area contributed by atoms with Gasteiger partial charge < -0.3 is 0 Å². The van der Waals surface area contributed by atoms with Gasteiger partial charge >= 0.3 is 0 Å². The van der Waals surface area contributed by atoms with Crippen LogP contribution in [-0.4, -0.2) is 15.0 Å². The molecule has 0 aliphatic rings. The summed E-state index contributed by atoms with van der Waals surface area (Å²) in [5.41, 5.74) is -0.0616. The zero-order valence-corrected chi connectivity index (χ0v) is 8.44. The lowest BCUT2D eigenvalue weighted by Gasteiger charge is -2.07. The summed E-state index contributed by atoms with van der Waals surface area (Å²) in [6, 6.07) is 5.57. The van der Waals surface area contributed by atoms with Crippen molar-refractivity contribution in [2.24, 2.45) is 0 Å². The van der Waals surface area contributed by atoms with Gasteiger partial charge in [-0.1, -0.05) is 19.1 Å². The number of hydrogen-bond donors (Lipinski definition) is 2. The van der Waals surface area contributed by atoms with Gasteiger partial charge in [0.1, 0.15) is 5.82 Å². The molecule has 0 aromatic heterocycles. The van der Waals surface area contributed by atoms with Gasteiger partial charge in [-0.2, -0.15) is 13.1 Å². The second-order valence-electron chi connectivity index (χ2n) is 2.58. The van der Waals surface area contributed by atoms with E-state index in [1.807, 2.05) is 0 Å². The maximum atomic E-state index is 13.0. The fraction of sp³-hybridized carbons (Fsp3) is 0.250. The van der Waals surface area contributed by atoms with Crippen LogP contribution < -0.4 is 9.44 Å². The van der Waals surface area contributed by atoms with Crippen molar-refractivity contribution < 1.29 is 12.8 Å². The van der Waals surface area contributed by atoms with E-state index in [0.29, 0.717) is 0 Å². The van der Waals surface area contributed by atoms with Crippen LogP contribution in [0.4, 0.5) is 10.1 Å². The first kappa shape index (κ1) is 10.9. The SMILES string of the molecule is CCNS(=O)(=O)Nc1ccccc1F. The number of hydrogen-bond acceptors (Lipinski definition) is 2. The van der Waals surface area contributed by atoms with Gasteiger partial charge in [0.25, 0.3) is 10.2 Å². The topological polar surface area (TPSA) is 58.2 Å². The minimum absolute atomic E-state index is 0.0616. The monoisotopic (exact) mass is 218 g/mol. The molecule has 0 heterocycles. The summed E-state index contributed by atoms with van der Waals surface area (Å²) in [4.78, 5) is 0. The van der Waals surface area contributed by atoms with Gasteiger partial charge in [0.15, 0.2) is 0 Å². The number of nitrogens with one attached hydrogen (secondary N) is 2. The van der Waals surface area contributed by atoms with Crippen molar-refractivity contribution in [3.8, 4) is 0 Å². The predicted octanol–water partition coefficient (Wildman–Crippen LogP) is 1.09. The summed E-state index contributed by atoms with van der Waals surface area (Å²) in [5.74, 6) is -0.603. The standard InChI is InChI=1S/C8H11FN2O2S/c1-2-10-14(12,13)11-8-6-4-3-5-7(8)9/h3-6,10-11H,2H2,1H3. The molecule has 6 heteroatoms. The molecule has 4 nitrogen and oxygen atoms in total. The molecule has 78 valence electrons. The van der Waals surface area contributed by atoms with Crippen LogP contribution in [-0.2, 0) is 10.2 Å². The summed E-state index contributed by atoms with van der Waals surface area (Å²) in [5, 5.41) is 0. The van der Waals surface area contributed by atoms with Crippen LogP contribution in [0.5, 0.6) is 0 Å². The van der Waals surface area contributed by atoms with Crippen LogP contribution in [0.15, 0.2) is 24.3 Å². The van der Waals surface area contributed by atoms with E-state index >= 15 is 0 Å². The average molecular weight is 218 g/mol. The summed E-state index contributed by atoms with van der Waals surface area (Å²) in [6.07, 6.45) is 0. The van der Waals surface area contributed by atoms with Crippen LogP contribution >= 0.6 is 0 Å². The number of anilines is 1. The first-order valence-corrected chi connectivity index (χ1v) is 5.55. The molecule has 0 saturated carbocycles. The fourth-order valence-electron chi connectivity index (χ4n) is 0.915. The van der Waals surface area contributed by atoms with Crippen molar-refractivity contribution >= 4 is 15.9 Å². The molecule has 0 aliphatic heterocycles. The molecule has 0 aliphatic carbocycles. The van der Waals surface area contributed by atoms with E-state index in [1.165, 1.54) is 18.2 Å². The highest BCUT2D eigenvalue weighted by molar-refractivity contribution is 7.90. The zero-order chi connectivity index (χ0) is 10.6. The molecule has 1 aromatic rings. The fourth-order valence-corrected chi connectivity index (χ4v) is 1.82. The lowest BCUT2D eigenvalue weighted by molar-refractivity contribution is 0.587. The third kappa shape index (κ3) is 2.97. The summed E-state index contributed by atoms with van der Waals surface area (Å²) >= 11 is 0. The van der Waals surface area contributed by atoms with Gasteiger partial charge in [-0.15, -0.1) is 0 Å². The van der Waals surface area contributed by atoms with Crippen LogP contribution in [0, 0.1) is 5.82 Å². The summed E-state index contributed by atoms with van der Waals surface area (Å²) < 4.78 is 39.6. The maximum absolute atomic E-state index is 13.0. The number of benzene rings is 1. The lowest BCUT2D eigenvalue weighted by atomic mass is 10.3. The minimum Gasteiger partial charge on any atom is -0.268 e. The zero-order valence-electron chi connectivity index (χ0n) is 7.62. The second kappa shape index (κ2) is 4.39. The van der Waals surface area contributed by atoms with Gasteiger partial charge in [0.05, 0.1) is 5.69 Å². The number of para-hydroxylation sites is 1. The molecular formula is C8H11FN2O2S. The normalized spacial score (nSPS) is 11.3. The number of rotatable bonds is 4. The Morgan fingerprint density at radius 1 is 1.36 bits per heavy atom. The van der Waals surface area contributed by atoms with Crippen molar-refractivity contribution in [2.75, 3.05) is 11.3 Å². The van der Waals surface area contributed by atoms with Crippen LogP contribution in [0.2, 0.25) is 0 Å². The van der Waals surface area contributed by atoms with Crippen LogP contribution in [0.25, 0.3) is 0 Å². The molecule has 0 radical (unpaired) electrons. The molecule has 0 spiro atoms. The molecule has 0 unspecified atom stereocenters. The molecule has 14 heavy (non-hydrogen) atoms. The smallest absolute Gasteiger partial charge is 0.268 e. The third-order valence-corrected chi connectivity index (χ3v) is 2.61. The molecule has 1 aromatic carbocycles. The highest BCUT2D eigenvalue weighted by atomic mass is 32.2. The minimum atomic E-state index is -3.65. The molecule has 0 atom stereocenters. The quantitative estimate of drug-likeness (QED) is 0.794. The summed E-state index contributed by atoms with van der Waals surface area (Å²) in [7, 11) is -3.65. The van der Waals surface area contributed by atoms with E-state index in [-0.39, 0.29) is 12.2 Å². The Kier molecular flexibility index (Phi) is 3.43. The Morgan fingerprint density at radius 2 is 2.00 bits per heavy atom. The first-order chi connectivity index (χ1) is 6.55.